The van der Waals surface area contributed by atoms with Crippen LogP contribution in [0.15, 0.2) is 24.3 Å². The summed E-state index contributed by atoms with van der Waals surface area (Å²) in [6.45, 7) is 1.96. The van der Waals surface area contributed by atoms with Crippen LogP contribution in [0.1, 0.15) is 24.8 Å². The maximum absolute atomic E-state index is 12.3. The summed E-state index contributed by atoms with van der Waals surface area (Å²) in [6.07, 6.45) is -4.23. The van der Waals surface area contributed by atoms with Gasteiger partial charge < -0.3 is 9.47 Å². The van der Waals surface area contributed by atoms with Crippen LogP contribution in [0.5, 0.6) is 5.75 Å². The number of esters is 1. The van der Waals surface area contributed by atoms with Gasteiger partial charge in [0, 0.05) is 5.92 Å². The highest BCUT2D eigenvalue weighted by molar-refractivity contribution is 5.77. The summed E-state index contributed by atoms with van der Waals surface area (Å²) in [5, 5.41) is 0. The molecule has 19 heavy (non-hydrogen) atoms. The third-order valence-electron chi connectivity index (χ3n) is 2.92. The van der Waals surface area contributed by atoms with Gasteiger partial charge in [0.25, 0.3) is 0 Å². The van der Waals surface area contributed by atoms with Gasteiger partial charge in [0.1, 0.15) is 5.75 Å². The minimum atomic E-state index is -4.73. The quantitative estimate of drug-likeness (QED) is 0.791. The number of benzene rings is 1. The number of rotatable bonds is 4. The molecule has 0 radical (unpaired) electrons. The van der Waals surface area contributed by atoms with Crippen LogP contribution in [0.2, 0.25) is 0 Å². The molecular formula is C13H13F3O3. The first-order chi connectivity index (χ1) is 8.92. The molecule has 1 aromatic rings. The summed E-state index contributed by atoms with van der Waals surface area (Å²) in [4.78, 5) is 11.5. The predicted octanol–water partition coefficient (Wildman–Crippen LogP) is 3.25. The second kappa shape index (κ2) is 5.11. The van der Waals surface area contributed by atoms with Crippen molar-refractivity contribution in [2.75, 3.05) is 6.61 Å². The zero-order valence-electron chi connectivity index (χ0n) is 10.2. The lowest BCUT2D eigenvalue weighted by atomic mass is 10.1. The molecule has 104 valence electrons. The van der Waals surface area contributed by atoms with E-state index >= 15 is 0 Å². The molecule has 2 rings (SSSR count). The molecule has 3 nitrogen and oxygen atoms in total. The average Bonchev–Trinajstić information content (AvgIpc) is 3.08. The van der Waals surface area contributed by atoms with Crippen LogP contribution in [0.4, 0.5) is 13.2 Å². The van der Waals surface area contributed by atoms with Gasteiger partial charge in [0.15, 0.2) is 0 Å². The smallest absolute Gasteiger partial charge is 0.466 e. The van der Waals surface area contributed by atoms with Crippen molar-refractivity contribution in [2.24, 2.45) is 5.92 Å². The van der Waals surface area contributed by atoms with Gasteiger partial charge in [-0.2, -0.15) is 0 Å². The van der Waals surface area contributed by atoms with Crippen LogP contribution < -0.4 is 4.74 Å². The lowest BCUT2D eigenvalue weighted by molar-refractivity contribution is -0.274. The highest BCUT2D eigenvalue weighted by Gasteiger charge is 2.47. The Morgan fingerprint density at radius 3 is 2.68 bits per heavy atom. The van der Waals surface area contributed by atoms with Crippen LogP contribution in [0.25, 0.3) is 0 Å². The first kappa shape index (κ1) is 13.7. The van der Waals surface area contributed by atoms with E-state index in [0.29, 0.717) is 12.0 Å². The summed E-state index contributed by atoms with van der Waals surface area (Å²) in [7, 11) is 0. The maximum Gasteiger partial charge on any atom is 0.573 e. The number of carbonyl (C=O) groups excluding carboxylic acids is 1. The number of hydrogen-bond acceptors (Lipinski definition) is 3. The fourth-order valence-electron chi connectivity index (χ4n) is 2.05. The summed E-state index contributed by atoms with van der Waals surface area (Å²) in [6, 6.07) is 5.89. The molecule has 0 aromatic heterocycles. The Labute approximate surface area is 108 Å². The van der Waals surface area contributed by atoms with E-state index in [0.717, 1.165) is 0 Å². The minimum absolute atomic E-state index is 0.244. The molecule has 0 N–H and O–H groups in total. The van der Waals surface area contributed by atoms with Gasteiger partial charge in [0.2, 0.25) is 0 Å². The molecule has 0 bridgehead atoms. The molecular weight excluding hydrogens is 261 g/mol. The average molecular weight is 274 g/mol. The first-order valence-electron chi connectivity index (χ1n) is 5.93. The number of ether oxygens (including phenoxy) is 2. The molecule has 0 saturated heterocycles. The van der Waals surface area contributed by atoms with Gasteiger partial charge >= 0.3 is 12.3 Å². The largest absolute Gasteiger partial charge is 0.573 e. The number of para-hydroxylation sites is 1. The maximum atomic E-state index is 12.3. The molecule has 1 fully saturated rings. The second-order valence-electron chi connectivity index (χ2n) is 4.29. The lowest BCUT2D eigenvalue weighted by Crippen LogP contribution is -2.18. The Kier molecular flexibility index (Phi) is 3.68. The zero-order valence-corrected chi connectivity index (χ0v) is 10.2. The number of hydrogen-bond donors (Lipinski definition) is 0. The van der Waals surface area contributed by atoms with Crippen LogP contribution in [-0.2, 0) is 9.53 Å². The van der Waals surface area contributed by atoms with E-state index in [-0.39, 0.29) is 30.2 Å². The molecule has 0 unspecified atom stereocenters. The van der Waals surface area contributed by atoms with Crippen molar-refractivity contribution in [1.29, 1.82) is 0 Å². The number of alkyl halides is 3. The van der Waals surface area contributed by atoms with Crippen molar-refractivity contribution in [3.05, 3.63) is 29.8 Å². The Hall–Kier alpha value is -1.72. The zero-order chi connectivity index (χ0) is 14.0. The van der Waals surface area contributed by atoms with Crippen LogP contribution in [-0.4, -0.2) is 18.9 Å². The van der Waals surface area contributed by atoms with Crippen molar-refractivity contribution in [3.8, 4) is 5.75 Å². The van der Waals surface area contributed by atoms with Crippen molar-refractivity contribution in [1.82, 2.24) is 0 Å². The summed E-state index contributed by atoms with van der Waals surface area (Å²) in [5.74, 6) is -1.23. The number of carbonyl (C=O) groups is 1. The van der Waals surface area contributed by atoms with Crippen LogP contribution in [0, 0.1) is 5.92 Å². The van der Waals surface area contributed by atoms with Gasteiger partial charge in [-0.15, -0.1) is 13.2 Å². The molecule has 2 atom stereocenters. The normalized spacial score (nSPS) is 21.9. The third-order valence-corrected chi connectivity index (χ3v) is 2.92. The van der Waals surface area contributed by atoms with Crippen molar-refractivity contribution in [3.63, 3.8) is 0 Å². The molecule has 6 heteroatoms. The molecule has 0 spiro atoms. The first-order valence-corrected chi connectivity index (χ1v) is 5.93. The van der Waals surface area contributed by atoms with Gasteiger partial charge in [-0.1, -0.05) is 18.2 Å². The Balaban J connectivity index is 2.12. The summed E-state index contributed by atoms with van der Waals surface area (Å²) >= 11 is 0. The Morgan fingerprint density at radius 1 is 1.37 bits per heavy atom. The molecule has 1 aliphatic rings. The molecule has 0 heterocycles. The summed E-state index contributed by atoms with van der Waals surface area (Å²) < 4.78 is 45.6. The molecule has 1 saturated carbocycles. The second-order valence-corrected chi connectivity index (χ2v) is 4.29. The molecule has 1 aromatic carbocycles. The molecule has 0 aliphatic heterocycles. The number of halogens is 3. The van der Waals surface area contributed by atoms with Gasteiger partial charge in [-0.25, -0.2) is 0 Å². The monoisotopic (exact) mass is 274 g/mol. The van der Waals surface area contributed by atoms with Gasteiger partial charge in [0.05, 0.1) is 12.5 Å². The van der Waals surface area contributed by atoms with E-state index in [4.69, 9.17) is 4.74 Å². The van der Waals surface area contributed by atoms with Crippen LogP contribution in [0.3, 0.4) is 0 Å². The lowest BCUT2D eigenvalue weighted by Gasteiger charge is -2.12. The standard InChI is InChI=1S/C13H13F3O3/c1-2-18-12(17)10-7-9(10)8-5-3-4-6-11(8)19-13(14,15)16/h3-6,9-10H,2,7H2,1H3/t9-,10+/m0/s1. The predicted molar refractivity (Wildman–Crippen MR) is 60.6 cm³/mol. The SMILES string of the molecule is CCOC(=O)[C@@H]1C[C@H]1c1ccccc1OC(F)(F)F. The Morgan fingerprint density at radius 2 is 2.05 bits per heavy atom. The third kappa shape index (κ3) is 3.39. The van der Waals surface area contributed by atoms with E-state index in [2.05, 4.69) is 4.74 Å². The topological polar surface area (TPSA) is 35.5 Å². The highest BCUT2D eigenvalue weighted by atomic mass is 19.4. The van der Waals surface area contributed by atoms with Crippen molar-refractivity contribution in [2.45, 2.75) is 25.6 Å². The van der Waals surface area contributed by atoms with Crippen molar-refractivity contribution >= 4 is 5.97 Å². The fourth-order valence-corrected chi connectivity index (χ4v) is 2.05. The molecule has 0 amide bonds. The van der Waals surface area contributed by atoms with Crippen molar-refractivity contribution < 1.29 is 27.4 Å². The summed E-state index contributed by atoms with van der Waals surface area (Å²) in [5.41, 5.74) is 0.401. The van der Waals surface area contributed by atoms with E-state index in [9.17, 15) is 18.0 Å². The fraction of sp³-hybridized carbons (Fsp3) is 0.462. The van der Waals surface area contributed by atoms with Gasteiger partial charge in [-0.05, 0) is 25.0 Å². The van der Waals surface area contributed by atoms with E-state index < -0.39 is 6.36 Å². The molecule has 1 aliphatic carbocycles. The van der Waals surface area contributed by atoms with Crippen LogP contribution >= 0.6 is 0 Å². The van der Waals surface area contributed by atoms with E-state index in [1.807, 2.05) is 0 Å². The van der Waals surface area contributed by atoms with E-state index in [1.54, 1.807) is 19.1 Å². The minimum Gasteiger partial charge on any atom is -0.466 e. The Bertz CT molecular complexity index is 470. The van der Waals surface area contributed by atoms with E-state index in [1.165, 1.54) is 12.1 Å². The van der Waals surface area contributed by atoms with Gasteiger partial charge in [-0.3, -0.25) is 4.79 Å². The highest BCUT2D eigenvalue weighted by Crippen LogP contribution is 2.51.